The monoisotopic (exact) mass is 184 g/mol. The van der Waals surface area contributed by atoms with Crippen LogP contribution in [0, 0.1) is 6.42 Å². The molecule has 0 bridgehead atoms. The molecule has 1 radical (unpaired) electrons. The predicted molar refractivity (Wildman–Crippen MR) is 60.8 cm³/mol. The third-order valence-electron chi connectivity index (χ3n) is 2.41. The molecule has 0 aromatic carbocycles. The topological polar surface area (TPSA) is 3.24 Å². The van der Waals surface area contributed by atoms with E-state index >= 15 is 0 Å². The van der Waals surface area contributed by atoms with E-state index < -0.39 is 0 Å². The molecule has 13 heavy (non-hydrogen) atoms. The summed E-state index contributed by atoms with van der Waals surface area (Å²) >= 11 is 0. The molecule has 0 saturated heterocycles. The van der Waals surface area contributed by atoms with Crippen LogP contribution >= 0.6 is 0 Å². The summed E-state index contributed by atoms with van der Waals surface area (Å²) in [5.74, 6) is 0. The normalized spacial score (nSPS) is 12.0. The van der Waals surface area contributed by atoms with Gasteiger partial charge in [-0.05, 0) is 47.1 Å². The van der Waals surface area contributed by atoms with Crippen molar-refractivity contribution in [3.8, 4) is 0 Å². The third kappa shape index (κ3) is 6.09. The van der Waals surface area contributed by atoms with E-state index in [2.05, 4.69) is 45.9 Å². The molecule has 0 aliphatic rings. The fraction of sp³-hybridized carbons (Fsp3) is 0.917. The number of nitrogens with zero attached hydrogens (tertiary/aromatic N) is 1. The Bertz CT molecular complexity index is 99.7. The van der Waals surface area contributed by atoms with Gasteiger partial charge in [-0.3, -0.25) is 4.90 Å². The van der Waals surface area contributed by atoms with Gasteiger partial charge in [-0.2, -0.15) is 0 Å². The van der Waals surface area contributed by atoms with Gasteiger partial charge < -0.3 is 0 Å². The first-order chi connectivity index (χ1) is 6.09. The van der Waals surface area contributed by atoms with Gasteiger partial charge >= 0.3 is 0 Å². The van der Waals surface area contributed by atoms with Gasteiger partial charge in [-0.25, -0.2) is 0 Å². The second kappa shape index (κ2) is 7.37. The molecule has 0 rings (SSSR count). The largest absolute Gasteiger partial charge is 0.299 e. The average molecular weight is 184 g/mol. The van der Waals surface area contributed by atoms with Crippen molar-refractivity contribution in [1.82, 2.24) is 4.90 Å². The highest BCUT2D eigenvalue weighted by molar-refractivity contribution is 4.72. The predicted octanol–water partition coefficient (Wildman–Crippen LogP) is 3.50. The fourth-order valence-electron chi connectivity index (χ4n) is 1.70. The SMILES string of the molecule is CCC[CH]CCN(C(C)C)C(C)C. The van der Waals surface area contributed by atoms with Crippen molar-refractivity contribution < 1.29 is 0 Å². The highest BCUT2D eigenvalue weighted by Gasteiger charge is 2.11. The van der Waals surface area contributed by atoms with Crippen molar-refractivity contribution in [2.24, 2.45) is 0 Å². The lowest BCUT2D eigenvalue weighted by molar-refractivity contribution is 0.176. The zero-order valence-electron chi connectivity index (χ0n) is 10.0. The molecule has 0 spiro atoms. The zero-order chi connectivity index (χ0) is 10.3. The first-order valence-corrected chi connectivity index (χ1v) is 5.67. The molecule has 0 aromatic heterocycles. The van der Waals surface area contributed by atoms with E-state index in [0.29, 0.717) is 12.1 Å². The minimum atomic E-state index is 0.676. The number of hydrogen-bond donors (Lipinski definition) is 0. The lowest BCUT2D eigenvalue weighted by Crippen LogP contribution is -2.37. The highest BCUT2D eigenvalue weighted by atomic mass is 15.2. The Hall–Kier alpha value is -0.0400. The van der Waals surface area contributed by atoms with Crippen LogP contribution in [0.4, 0.5) is 0 Å². The van der Waals surface area contributed by atoms with E-state index in [1.807, 2.05) is 0 Å². The quantitative estimate of drug-likeness (QED) is 0.547. The molecule has 0 unspecified atom stereocenters. The molecule has 0 aromatic rings. The van der Waals surface area contributed by atoms with Crippen LogP contribution in [0.3, 0.4) is 0 Å². The van der Waals surface area contributed by atoms with E-state index in [-0.39, 0.29) is 0 Å². The summed E-state index contributed by atoms with van der Waals surface area (Å²) in [7, 11) is 0. The number of hydrogen-bond acceptors (Lipinski definition) is 1. The maximum Gasteiger partial charge on any atom is 0.00412 e. The van der Waals surface area contributed by atoms with Gasteiger partial charge in [-0.15, -0.1) is 0 Å². The maximum absolute atomic E-state index is 2.55. The lowest BCUT2D eigenvalue weighted by Gasteiger charge is -2.30. The van der Waals surface area contributed by atoms with Crippen LogP contribution in [-0.4, -0.2) is 23.5 Å². The summed E-state index contributed by atoms with van der Waals surface area (Å²) in [6, 6.07) is 1.35. The van der Waals surface area contributed by atoms with E-state index in [9.17, 15) is 0 Å². The third-order valence-corrected chi connectivity index (χ3v) is 2.41. The number of rotatable bonds is 7. The molecule has 1 heteroatoms. The smallest absolute Gasteiger partial charge is 0.00412 e. The van der Waals surface area contributed by atoms with Gasteiger partial charge in [0.15, 0.2) is 0 Å². The fourth-order valence-corrected chi connectivity index (χ4v) is 1.70. The van der Waals surface area contributed by atoms with Crippen LogP contribution in [0.5, 0.6) is 0 Å². The van der Waals surface area contributed by atoms with E-state index in [1.165, 1.54) is 25.8 Å². The first kappa shape index (κ1) is 13.0. The Kier molecular flexibility index (Phi) is 7.35. The second-order valence-electron chi connectivity index (χ2n) is 4.29. The van der Waals surface area contributed by atoms with Gasteiger partial charge in [0.2, 0.25) is 0 Å². The Labute approximate surface area is 84.5 Å². The summed E-state index contributed by atoms with van der Waals surface area (Å²) in [5.41, 5.74) is 0. The van der Waals surface area contributed by atoms with E-state index in [0.717, 1.165) is 0 Å². The summed E-state index contributed by atoms with van der Waals surface area (Å²) in [6.07, 6.45) is 6.20. The summed E-state index contributed by atoms with van der Waals surface area (Å²) in [6.45, 7) is 12.6. The van der Waals surface area contributed by atoms with Gasteiger partial charge in [0, 0.05) is 12.1 Å². The molecule has 0 heterocycles. The van der Waals surface area contributed by atoms with Gasteiger partial charge in [0.1, 0.15) is 0 Å². The molecule has 0 atom stereocenters. The van der Waals surface area contributed by atoms with Crippen molar-refractivity contribution in [3.63, 3.8) is 0 Å². The van der Waals surface area contributed by atoms with Crippen molar-refractivity contribution in [2.75, 3.05) is 6.54 Å². The Morgan fingerprint density at radius 3 is 1.92 bits per heavy atom. The molecule has 0 amide bonds. The van der Waals surface area contributed by atoms with Crippen LogP contribution in [0.25, 0.3) is 0 Å². The lowest BCUT2D eigenvalue weighted by atomic mass is 10.1. The number of unbranched alkanes of at least 4 members (excludes halogenated alkanes) is 3. The van der Waals surface area contributed by atoms with Crippen LogP contribution in [0.15, 0.2) is 0 Å². The first-order valence-electron chi connectivity index (χ1n) is 5.67. The Balaban J connectivity index is 3.58. The maximum atomic E-state index is 2.55. The molecule has 0 aliphatic heterocycles. The minimum Gasteiger partial charge on any atom is -0.299 e. The van der Waals surface area contributed by atoms with Gasteiger partial charge in [-0.1, -0.05) is 19.8 Å². The zero-order valence-corrected chi connectivity index (χ0v) is 10.0. The summed E-state index contributed by atoms with van der Waals surface area (Å²) < 4.78 is 0. The Morgan fingerprint density at radius 1 is 1.00 bits per heavy atom. The summed E-state index contributed by atoms with van der Waals surface area (Å²) in [4.78, 5) is 2.55. The van der Waals surface area contributed by atoms with E-state index in [1.54, 1.807) is 0 Å². The van der Waals surface area contributed by atoms with Crippen LogP contribution < -0.4 is 0 Å². The highest BCUT2D eigenvalue weighted by Crippen LogP contribution is 2.07. The van der Waals surface area contributed by atoms with Crippen molar-refractivity contribution in [2.45, 2.75) is 66.0 Å². The van der Waals surface area contributed by atoms with Gasteiger partial charge in [0.05, 0.1) is 0 Å². The van der Waals surface area contributed by atoms with Crippen LogP contribution in [-0.2, 0) is 0 Å². The summed E-state index contributed by atoms with van der Waals surface area (Å²) in [5, 5.41) is 0. The van der Waals surface area contributed by atoms with Crippen molar-refractivity contribution in [1.29, 1.82) is 0 Å². The van der Waals surface area contributed by atoms with Gasteiger partial charge in [0.25, 0.3) is 0 Å². The Morgan fingerprint density at radius 2 is 1.54 bits per heavy atom. The molecule has 1 nitrogen and oxygen atoms in total. The molecule has 0 N–H and O–H groups in total. The van der Waals surface area contributed by atoms with Crippen molar-refractivity contribution in [3.05, 3.63) is 6.42 Å². The minimum absolute atomic E-state index is 0.676. The molecule has 0 saturated carbocycles. The molecule has 0 aliphatic carbocycles. The average Bonchev–Trinajstić information content (AvgIpc) is 2.02. The van der Waals surface area contributed by atoms with Crippen LogP contribution in [0.2, 0.25) is 0 Å². The molecule has 0 fully saturated rings. The van der Waals surface area contributed by atoms with E-state index in [4.69, 9.17) is 0 Å². The molecule has 79 valence electrons. The molecular formula is C12H26N. The van der Waals surface area contributed by atoms with Crippen molar-refractivity contribution >= 4 is 0 Å². The molecular weight excluding hydrogens is 158 g/mol. The van der Waals surface area contributed by atoms with Crippen LogP contribution in [0.1, 0.15) is 53.9 Å². The second-order valence-corrected chi connectivity index (χ2v) is 4.29. The standard InChI is InChI=1S/C12H26N/c1-6-7-8-9-10-13(11(2)3)12(4)5/h8,11-12H,6-7,9-10H2,1-5H3.